The van der Waals surface area contributed by atoms with Crippen molar-refractivity contribution in [2.75, 3.05) is 18.8 Å². The monoisotopic (exact) mass is 270 g/mol. The Morgan fingerprint density at radius 1 is 1.28 bits per heavy atom. The van der Waals surface area contributed by atoms with Crippen molar-refractivity contribution in [3.05, 3.63) is 29.3 Å². The fraction of sp³-hybridized carbons (Fsp3) is 0.417. The molecule has 0 aliphatic carbocycles. The largest absolute Gasteiger partial charge is 0.301 e. The quantitative estimate of drug-likeness (QED) is 0.830. The molecule has 0 radical (unpaired) electrons. The van der Waals surface area contributed by atoms with Crippen LogP contribution < -0.4 is 4.72 Å². The van der Waals surface area contributed by atoms with Gasteiger partial charge in [-0.05, 0) is 23.6 Å². The fourth-order valence-electron chi connectivity index (χ4n) is 1.36. The predicted octanol–water partition coefficient (Wildman–Crippen LogP) is 1.84. The highest BCUT2D eigenvalue weighted by molar-refractivity contribution is 7.90. The Morgan fingerprint density at radius 3 is 2.33 bits per heavy atom. The van der Waals surface area contributed by atoms with E-state index in [2.05, 4.69) is 4.72 Å². The lowest BCUT2D eigenvalue weighted by Gasteiger charge is -2.15. The van der Waals surface area contributed by atoms with Crippen LogP contribution in [0, 0.1) is 0 Å². The van der Waals surface area contributed by atoms with E-state index in [1.54, 1.807) is 12.1 Å². The van der Waals surface area contributed by atoms with Crippen LogP contribution in [0.5, 0.6) is 0 Å². The second kappa shape index (κ2) is 5.49. The second-order valence-electron chi connectivity index (χ2n) is 4.51. The summed E-state index contributed by atoms with van der Waals surface area (Å²) in [5.41, 5.74) is 1.62. The van der Waals surface area contributed by atoms with E-state index in [1.165, 1.54) is 14.1 Å². The minimum absolute atomic E-state index is 0.281. The van der Waals surface area contributed by atoms with E-state index in [9.17, 15) is 13.2 Å². The van der Waals surface area contributed by atoms with Crippen LogP contribution in [0.2, 0.25) is 0 Å². The van der Waals surface area contributed by atoms with Gasteiger partial charge in [0.25, 0.3) is 0 Å². The van der Waals surface area contributed by atoms with Gasteiger partial charge in [-0.25, -0.2) is 0 Å². The summed E-state index contributed by atoms with van der Waals surface area (Å²) in [6, 6.07) is 5.12. The van der Waals surface area contributed by atoms with E-state index in [4.69, 9.17) is 0 Å². The first-order chi connectivity index (χ1) is 8.27. The van der Waals surface area contributed by atoms with Gasteiger partial charge in [0.05, 0.1) is 5.69 Å². The molecule has 0 amide bonds. The first-order valence-corrected chi connectivity index (χ1v) is 7.01. The molecule has 1 N–H and O–H groups in total. The zero-order valence-corrected chi connectivity index (χ0v) is 11.8. The van der Waals surface area contributed by atoms with E-state index in [1.807, 2.05) is 19.9 Å². The van der Waals surface area contributed by atoms with E-state index < -0.39 is 10.2 Å². The lowest BCUT2D eigenvalue weighted by molar-refractivity contribution is 0.112. The van der Waals surface area contributed by atoms with Gasteiger partial charge in [0, 0.05) is 19.7 Å². The van der Waals surface area contributed by atoms with Crippen LogP contribution in [0.4, 0.5) is 5.69 Å². The topological polar surface area (TPSA) is 66.5 Å². The molecule has 5 nitrogen and oxygen atoms in total. The third-order valence-corrected chi connectivity index (χ3v) is 4.03. The number of rotatable bonds is 5. The van der Waals surface area contributed by atoms with Gasteiger partial charge < -0.3 is 0 Å². The van der Waals surface area contributed by atoms with Gasteiger partial charge in [0.2, 0.25) is 0 Å². The van der Waals surface area contributed by atoms with E-state index >= 15 is 0 Å². The van der Waals surface area contributed by atoms with E-state index in [-0.39, 0.29) is 5.92 Å². The summed E-state index contributed by atoms with van der Waals surface area (Å²) in [6.07, 6.45) is 0.652. The van der Waals surface area contributed by atoms with Crippen molar-refractivity contribution in [1.82, 2.24) is 4.31 Å². The number of hydrogen-bond donors (Lipinski definition) is 1. The van der Waals surface area contributed by atoms with Crippen LogP contribution in [0.1, 0.15) is 35.7 Å². The molecule has 0 saturated carbocycles. The molecule has 0 aromatic heterocycles. The summed E-state index contributed by atoms with van der Waals surface area (Å²) in [5.74, 6) is 0.281. The lowest BCUT2D eigenvalue weighted by Crippen LogP contribution is -2.29. The van der Waals surface area contributed by atoms with Gasteiger partial charge in [0.15, 0.2) is 6.29 Å². The summed E-state index contributed by atoms with van der Waals surface area (Å²) < 4.78 is 26.8. The lowest BCUT2D eigenvalue weighted by atomic mass is 10.0. The summed E-state index contributed by atoms with van der Waals surface area (Å²) >= 11 is 0. The van der Waals surface area contributed by atoms with Gasteiger partial charge in [-0.2, -0.15) is 12.7 Å². The molecule has 0 spiro atoms. The highest BCUT2D eigenvalue weighted by atomic mass is 32.2. The van der Waals surface area contributed by atoms with Gasteiger partial charge in [-0.15, -0.1) is 0 Å². The average Bonchev–Trinajstić information content (AvgIpc) is 2.28. The first-order valence-electron chi connectivity index (χ1n) is 5.57. The highest BCUT2D eigenvalue weighted by Gasteiger charge is 2.15. The molecule has 0 aliphatic heterocycles. The van der Waals surface area contributed by atoms with Crippen LogP contribution in [-0.2, 0) is 10.2 Å². The first kappa shape index (κ1) is 14.7. The van der Waals surface area contributed by atoms with Crippen molar-refractivity contribution >= 4 is 22.2 Å². The number of carbonyl (C=O) groups is 1. The van der Waals surface area contributed by atoms with Crippen molar-refractivity contribution in [1.29, 1.82) is 0 Å². The second-order valence-corrected chi connectivity index (χ2v) is 6.39. The number of nitrogens with one attached hydrogen (secondary N) is 1. The number of benzene rings is 1. The molecule has 0 unspecified atom stereocenters. The maximum absolute atomic E-state index is 11.7. The smallest absolute Gasteiger partial charge is 0.298 e. The molecule has 0 heterocycles. The number of carbonyl (C=O) groups excluding carboxylic acids is 1. The minimum atomic E-state index is -3.59. The molecule has 6 heteroatoms. The average molecular weight is 270 g/mol. The normalized spacial score (nSPS) is 11.9. The predicted molar refractivity (Wildman–Crippen MR) is 72.1 cm³/mol. The Kier molecular flexibility index (Phi) is 4.48. The Balaban J connectivity index is 3.15. The molecule has 18 heavy (non-hydrogen) atoms. The third kappa shape index (κ3) is 3.30. The Bertz CT molecular complexity index is 536. The Labute approximate surface area is 108 Å². The maximum Gasteiger partial charge on any atom is 0.301 e. The van der Waals surface area contributed by atoms with Crippen LogP contribution in [-0.4, -0.2) is 33.1 Å². The molecular weight excluding hydrogens is 252 g/mol. The molecule has 1 aromatic rings. The van der Waals surface area contributed by atoms with Crippen molar-refractivity contribution in [3.63, 3.8) is 0 Å². The van der Waals surface area contributed by atoms with Gasteiger partial charge in [-0.3, -0.25) is 9.52 Å². The van der Waals surface area contributed by atoms with Crippen LogP contribution in [0.25, 0.3) is 0 Å². The molecule has 0 atom stereocenters. The van der Waals surface area contributed by atoms with Crippen LogP contribution in [0.3, 0.4) is 0 Å². The molecule has 0 saturated heterocycles. The summed E-state index contributed by atoms with van der Waals surface area (Å²) in [5, 5.41) is 0. The molecular formula is C12H18N2O3S. The highest BCUT2D eigenvalue weighted by Crippen LogP contribution is 2.22. The van der Waals surface area contributed by atoms with Gasteiger partial charge in [-0.1, -0.05) is 19.9 Å². The van der Waals surface area contributed by atoms with E-state index in [0.29, 0.717) is 17.5 Å². The zero-order chi connectivity index (χ0) is 13.9. The van der Waals surface area contributed by atoms with Crippen LogP contribution in [0.15, 0.2) is 18.2 Å². The minimum Gasteiger partial charge on any atom is -0.298 e. The number of nitrogens with zero attached hydrogens (tertiary/aromatic N) is 1. The molecule has 1 rings (SSSR count). The number of hydrogen-bond acceptors (Lipinski definition) is 3. The van der Waals surface area contributed by atoms with E-state index in [0.717, 1.165) is 9.87 Å². The molecule has 0 aliphatic rings. The molecule has 0 bridgehead atoms. The number of anilines is 1. The third-order valence-electron chi connectivity index (χ3n) is 2.59. The van der Waals surface area contributed by atoms with Gasteiger partial charge in [0.1, 0.15) is 0 Å². The Hall–Kier alpha value is -1.40. The fourth-order valence-corrected chi connectivity index (χ4v) is 2.01. The Morgan fingerprint density at radius 2 is 1.89 bits per heavy atom. The molecule has 100 valence electrons. The van der Waals surface area contributed by atoms with Crippen molar-refractivity contribution < 1.29 is 13.2 Å². The molecule has 0 fully saturated rings. The van der Waals surface area contributed by atoms with Crippen molar-refractivity contribution in [2.24, 2.45) is 0 Å². The maximum atomic E-state index is 11.7. The standard InChI is InChI=1S/C12H18N2O3S/c1-9(2)10-5-6-12(11(7-10)8-15)13-18(16,17)14(3)4/h5-9,13H,1-4H3. The van der Waals surface area contributed by atoms with Crippen molar-refractivity contribution in [2.45, 2.75) is 19.8 Å². The summed E-state index contributed by atoms with van der Waals surface area (Å²) in [4.78, 5) is 11.0. The molecule has 1 aromatic carbocycles. The summed E-state index contributed by atoms with van der Waals surface area (Å²) in [7, 11) is -0.748. The summed E-state index contributed by atoms with van der Waals surface area (Å²) in [6.45, 7) is 4.02. The van der Waals surface area contributed by atoms with Crippen molar-refractivity contribution in [3.8, 4) is 0 Å². The number of aldehydes is 1. The van der Waals surface area contributed by atoms with Crippen LogP contribution >= 0.6 is 0 Å². The van der Waals surface area contributed by atoms with Gasteiger partial charge >= 0.3 is 10.2 Å². The SMILES string of the molecule is CC(C)c1ccc(NS(=O)(=O)N(C)C)c(C=O)c1. The zero-order valence-electron chi connectivity index (χ0n) is 11.0.